The number of hydrogen-bond acceptors (Lipinski definition) is 6. The number of carbonyl (C=O) groups is 1. The Morgan fingerprint density at radius 1 is 1.24 bits per heavy atom. The molecule has 4 rings (SSSR count). The molecule has 0 saturated carbocycles. The maximum absolute atomic E-state index is 13.1. The number of hydrogen-bond donors (Lipinski definition) is 0. The molecule has 0 unspecified atom stereocenters. The van der Waals surface area contributed by atoms with Gasteiger partial charge in [0.15, 0.2) is 23.0 Å². The number of ether oxygens (including phenoxy) is 4. The van der Waals surface area contributed by atoms with Crippen molar-refractivity contribution in [2.24, 2.45) is 0 Å². The van der Waals surface area contributed by atoms with E-state index in [2.05, 4.69) is 4.79 Å². The summed E-state index contributed by atoms with van der Waals surface area (Å²) in [6.07, 6.45) is 1.79. The Kier molecular flexibility index (Phi) is 4.92. The summed E-state index contributed by atoms with van der Waals surface area (Å²) in [5.74, 6) is 1.80. The molecular weight excluding hydrogens is 394 g/mol. The van der Waals surface area contributed by atoms with Gasteiger partial charge in [-0.2, -0.15) is 4.79 Å². The van der Waals surface area contributed by atoms with Crippen molar-refractivity contribution in [3.63, 3.8) is 0 Å². The molecule has 2 aromatic rings. The fourth-order valence-corrected chi connectivity index (χ4v) is 3.87. The minimum Gasteiger partial charge on any atom is -0.493 e. The SMILES string of the molecule is COc1ccc2c(c1OC)C(=O)N(CCc1cc3c(cc1C=[N+]=[N-])OCO3)C2=S. The van der Waals surface area contributed by atoms with Gasteiger partial charge in [0, 0.05) is 12.1 Å². The van der Waals surface area contributed by atoms with Crippen LogP contribution in [0.2, 0.25) is 0 Å². The Morgan fingerprint density at radius 2 is 2.00 bits per heavy atom. The Bertz CT molecular complexity index is 1080. The van der Waals surface area contributed by atoms with Gasteiger partial charge >= 0.3 is 0 Å². The zero-order valence-electron chi connectivity index (χ0n) is 15.8. The quantitative estimate of drug-likeness (QED) is 0.314. The van der Waals surface area contributed by atoms with Crippen LogP contribution >= 0.6 is 12.2 Å². The fraction of sp³-hybridized carbons (Fsp3) is 0.250. The van der Waals surface area contributed by atoms with E-state index in [4.69, 9.17) is 36.7 Å². The molecule has 29 heavy (non-hydrogen) atoms. The van der Waals surface area contributed by atoms with Crippen LogP contribution < -0.4 is 18.9 Å². The Morgan fingerprint density at radius 3 is 2.69 bits per heavy atom. The highest BCUT2D eigenvalue weighted by Crippen LogP contribution is 2.39. The fourth-order valence-electron chi connectivity index (χ4n) is 3.52. The van der Waals surface area contributed by atoms with Crippen molar-refractivity contribution < 1.29 is 28.5 Å². The number of rotatable bonds is 6. The van der Waals surface area contributed by atoms with Crippen molar-refractivity contribution in [3.8, 4) is 23.0 Å². The Hall–Kier alpha value is -3.42. The number of amides is 1. The summed E-state index contributed by atoms with van der Waals surface area (Å²) in [6.45, 7) is 0.476. The topological polar surface area (TPSA) is 93.6 Å². The number of nitrogens with zero attached hydrogens (tertiary/aromatic N) is 3. The van der Waals surface area contributed by atoms with E-state index in [0.29, 0.717) is 57.6 Å². The first kappa shape index (κ1) is 18.9. The molecule has 1 amide bonds. The summed E-state index contributed by atoms with van der Waals surface area (Å²) >= 11 is 5.54. The molecule has 0 aliphatic carbocycles. The molecule has 2 heterocycles. The first-order chi connectivity index (χ1) is 14.1. The summed E-state index contributed by atoms with van der Waals surface area (Å²) in [5.41, 5.74) is 11.5. The van der Waals surface area contributed by atoms with E-state index in [9.17, 15) is 4.79 Å². The molecule has 9 heteroatoms. The van der Waals surface area contributed by atoms with E-state index in [0.717, 1.165) is 5.56 Å². The number of thiocarbonyl (C=S) groups is 1. The minimum absolute atomic E-state index is 0.139. The minimum atomic E-state index is -0.237. The third kappa shape index (κ3) is 3.10. The molecular formula is C20H17N3O5S. The molecule has 2 aliphatic heterocycles. The van der Waals surface area contributed by atoms with Crippen molar-refractivity contribution in [1.29, 1.82) is 0 Å². The predicted molar refractivity (Wildman–Crippen MR) is 107 cm³/mol. The lowest BCUT2D eigenvalue weighted by molar-refractivity contribution is 0.00449. The molecule has 148 valence electrons. The lowest BCUT2D eigenvalue weighted by Crippen LogP contribution is -2.31. The van der Waals surface area contributed by atoms with E-state index in [1.165, 1.54) is 25.3 Å². The van der Waals surface area contributed by atoms with E-state index in [-0.39, 0.29) is 12.7 Å². The van der Waals surface area contributed by atoms with Crippen LogP contribution in [-0.4, -0.2) is 54.4 Å². The summed E-state index contributed by atoms with van der Waals surface area (Å²) in [6, 6.07) is 7.06. The van der Waals surface area contributed by atoms with Crippen LogP contribution in [-0.2, 0) is 6.42 Å². The van der Waals surface area contributed by atoms with Crippen molar-refractivity contribution >= 4 is 29.3 Å². The zero-order chi connectivity index (χ0) is 20.5. The maximum Gasteiger partial charge on any atom is 0.288 e. The third-order valence-electron chi connectivity index (χ3n) is 4.92. The highest BCUT2D eigenvalue weighted by atomic mass is 32.1. The van der Waals surface area contributed by atoms with Gasteiger partial charge in [0.05, 0.1) is 25.3 Å². The van der Waals surface area contributed by atoms with E-state index in [1.54, 1.807) is 18.2 Å². The largest absolute Gasteiger partial charge is 0.493 e. The highest BCUT2D eigenvalue weighted by molar-refractivity contribution is 7.80. The third-order valence-corrected chi connectivity index (χ3v) is 5.36. The molecule has 0 aromatic heterocycles. The van der Waals surface area contributed by atoms with Crippen LogP contribution in [0.4, 0.5) is 0 Å². The second kappa shape index (κ2) is 7.54. The van der Waals surface area contributed by atoms with Gasteiger partial charge in [-0.05, 0) is 36.2 Å². The first-order valence-electron chi connectivity index (χ1n) is 8.80. The number of carbonyl (C=O) groups excluding carboxylic acids is 1. The van der Waals surface area contributed by atoms with Crippen LogP contribution in [0.1, 0.15) is 27.0 Å². The van der Waals surface area contributed by atoms with Gasteiger partial charge in [0.1, 0.15) is 4.99 Å². The lowest BCUT2D eigenvalue weighted by Gasteiger charge is -2.16. The van der Waals surface area contributed by atoms with E-state index in [1.807, 2.05) is 6.07 Å². The van der Waals surface area contributed by atoms with Gasteiger partial charge in [-0.15, -0.1) is 0 Å². The van der Waals surface area contributed by atoms with Gasteiger partial charge in [-0.3, -0.25) is 9.69 Å². The summed E-state index contributed by atoms with van der Waals surface area (Å²) < 4.78 is 21.5. The molecule has 2 aliphatic rings. The molecule has 0 fully saturated rings. The molecule has 0 N–H and O–H groups in total. The van der Waals surface area contributed by atoms with E-state index >= 15 is 0 Å². The summed E-state index contributed by atoms with van der Waals surface area (Å²) in [7, 11) is 3.01. The average molecular weight is 411 g/mol. The zero-order valence-corrected chi connectivity index (χ0v) is 16.6. The smallest absolute Gasteiger partial charge is 0.288 e. The van der Waals surface area contributed by atoms with Gasteiger partial charge in [0.25, 0.3) is 12.1 Å². The van der Waals surface area contributed by atoms with Crippen molar-refractivity contribution in [2.75, 3.05) is 27.6 Å². The predicted octanol–water partition coefficient (Wildman–Crippen LogP) is 2.46. The van der Waals surface area contributed by atoms with Crippen LogP contribution in [0.15, 0.2) is 24.3 Å². The monoisotopic (exact) mass is 411 g/mol. The van der Waals surface area contributed by atoms with E-state index < -0.39 is 0 Å². The number of fused-ring (bicyclic) bond motifs is 2. The molecule has 0 saturated heterocycles. The van der Waals surface area contributed by atoms with Gasteiger partial charge in [-0.25, -0.2) is 0 Å². The average Bonchev–Trinajstić information content (AvgIpc) is 3.28. The van der Waals surface area contributed by atoms with Gasteiger partial charge in [0.2, 0.25) is 6.79 Å². The molecule has 0 spiro atoms. The van der Waals surface area contributed by atoms with Crippen molar-refractivity contribution in [3.05, 3.63) is 52.1 Å². The second-order valence-electron chi connectivity index (χ2n) is 6.38. The van der Waals surface area contributed by atoms with Gasteiger partial charge < -0.3 is 24.5 Å². The molecule has 2 aromatic carbocycles. The normalized spacial score (nSPS) is 13.9. The maximum atomic E-state index is 13.1. The van der Waals surface area contributed by atoms with Gasteiger partial charge in [-0.1, -0.05) is 12.2 Å². The van der Waals surface area contributed by atoms with Crippen LogP contribution in [0.3, 0.4) is 0 Å². The van der Waals surface area contributed by atoms with Crippen LogP contribution in [0, 0.1) is 0 Å². The molecule has 0 bridgehead atoms. The standard InChI is InChI=1S/C20H17N3O5S/c1-25-14-4-3-13-17(18(14)26-2)19(24)23(20(13)29)6-5-11-7-15-16(28-10-27-15)8-12(11)9-22-21/h3-4,7-9H,5-6,10H2,1-2H3. The molecule has 0 radical (unpaired) electrons. The summed E-state index contributed by atoms with van der Waals surface area (Å²) in [4.78, 5) is 18.2. The Labute approximate surface area is 172 Å². The van der Waals surface area contributed by atoms with Crippen LogP contribution in [0.5, 0.6) is 23.0 Å². The lowest BCUT2D eigenvalue weighted by atomic mass is 10.0. The number of benzene rings is 2. The molecule has 8 nitrogen and oxygen atoms in total. The van der Waals surface area contributed by atoms with Crippen LogP contribution in [0.25, 0.3) is 5.53 Å². The molecule has 0 atom stereocenters. The Balaban J connectivity index is 1.62. The second-order valence-corrected chi connectivity index (χ2v) is 6.77. The van der Waals surface area contributed by atoms with Crippen molar-refractivity contribution in [2.45, 2.75) is 6.42 Å². The summed E-state index contributed by atoms with van der Waals surface area (Å²) in [5, 5.41) is 0. The number of methoxy groups -OCH3 is 2. The highest BCUT2D eigenvalue weighted by Gasteiger charge is 2.36. The first-order valence-corrected chi connectivity index (χ1v) is 9.21. The van der Waals surface area contributed by atoms with Crippen molar-refractivity contribution in [1.82, 2.24) is 4.90 Å².